The molecule has 6 heteroatoms. The molecule has 0 heterocycles. The van der Waals surface area contributed by atoms with Gasteiger partial charge >= 0.3 is 0 Å². The molecule has 1 amide bonds. The molecule has 0 bridgehead atoms. The quantitative estimate of drug-likeness (QED) is 0.898. The van der Waals surface area contributed by atoms with Crippen LogP contribution in [0.2, 0.25) is 0 Å². The highest BCUT2D eigenvalue weighted by Gasteiger charge is 2.16. The number of halogens is 2. The Balaban J connectivity index is 2.33. The lowest BCUT2D eigenvalue weighted by molar-refractivity contribution is 0.102. The molecular weight excluding hydrogens is 329 g/mol. The fourth-order valence-corrected chi connectivity index (χ4v) is 2.06. The van der Waals surface area contributed by atoms with Crippen molar-refractivity contribution in [1.29, 1.82) is 0 Å². The lowest BCUT2D eigenvalue weighted by atomic mass is 10.1. The van der Waals surface area contributed by atoms with E-state index in [0.29, 0.717) is 10.2 Å². The Hall–Kier alpha value is -2.08. The van der Waals surface area contributed by atoms with Crippen molar-refractivity contribution in [1.82, 2.24) is 0 Å². The van der Waals surface area contributed by atoms with Crippen LogP contribution in [0.3, 0.4) is 0 Å². The number of anilines is 1. The first-order chi connectivity index (χ1) is 9.52. The first-order valence-corrected chi connectivity index (χ1v) is 6.44. The first kappa shape index (κ1) is 14.3. The summed E-state index contributed by atoms with van der Waals surface area (Å²) >= 11 is 3.15. The number of benzene rings is 2. The minimum Gasteiger partial charge on any atom is -0.507 e. The third kappa shape index (κ3) is 2.91. The molecule has 0 aliphatic carbocycles. The summed E-state index contributed by atoms with van der Waals surface area (Å²) in [6.45, 7) is 0. The number of para-hydroxylation sites is 1. The van der Waals surface area contributed by atoms with Gasteiger partial charge in [0.2, 0.25) is 0 Å². The number of carbonyl (C=O) groups is 1. The van der Waals surface area contributed by atoms with Gasteiger partial charge in [-0.3, -0.25) is 4.79 Å². The fourth-order valence-electron chi connectivity index (χ4n) is 1.62. The van der Waals surface area contributed by atoms with E-state index in [4.69, 9.17) is 4.74 Å². The van der Waals surface area contributed by atoms with Gasteiger partial charge in [0.1, 0.15) is 17.3 Å². The minimum absolute atomic E-state index is 0.000460. The fraction of sp³-hybridized carbons (Fsp3) is 0.0714. The van der Waals surface area contributed by atoms with Crippen LogP contribution in [0.4, 0.5) is 10.1 Å². The van der Waals surface area contributed by atoms with E-state index in [1.54, 1.807) is 6.07 Å². The van der Waals surface area contributed by atoms with Gasteiger partial charge < -0.3 is 15.2 Å². The molecule has 0 aliphatic heterocycles. The topological polar surface area (TPSA) is 58.6 Å². The van der Waals surface area contributed by atoms with E-state index < -0.39 is 11.7 Å². The Morgan fingerprint density at radius 3 is 2.75 bits per heavy atom. The van der Waals surface area contributed by atoms with Crippen molar-refractivity contribution in [2.75, 3.05) is 12.4 Å². The van der Waals surface area contributed by atoms with Crippen molar-refractivity contribution in [3.63, 3.8) is 0 Å². The molecule has 2 aromatic carbocycles. The van der Waals surface area contributed by atoms with Crippen LogP contribution in [0.1, 0.15) is 10.4 Å². The zero-order valence-electron chi connectivity index (χ0n) is 10.5. The number of aromatic hydroxyl groups is 1. The Bertz CT molecular complexity index is 641. The smallest absolute Gasteiger partial charge is 0.259 e. The molecule has 0 spiro atoms. The second-order valence-electron chi connectivity index (χ2n) is 3.93. The van der Waals surface area contributed by atoms with Gasteiger partial charge in [-0.15, -0.1) is 0 Å². The average Bonchev–Trinajstić information content (AvgIpc) is 2.43. The molecule has 2 aromatic rings. The van der Waals surface area contributed by atoms with Crippen molar-refractivity contribution in [2.24, 2.45) is 0 Å². The summed E-state index contributed by atoms with van der Waals surface area (Å²) in [5.41, 5.74) is 0.0132. The highest BCUT2D eigenvalue weighted by molar-refractivity contribution is 9.10. The van der Waals surface area contributed by atoms with Gasteiger partial charge in [0, 0.05) is 4.47 Å². The molecule has 2 rings (SSSR count). The number of phenols is 1. The maximum absolute atomic E-state index is 13.6. The molecule has 4 nitrogen and oxygen atoms in total. The lowest BCUT2D eigenvalue weighted by Crippen LogP contribution is -2.13. The summed E-state index contributed by atoms with van der Waals surface area (Å²) in [6, 6.07) is 8.57. The molecule has 0 aliphatic rings. The predicted octanol–water partition coefficient (Wildman–Crippen LogP) is 3.55. The summed E-state index contributed by atoms with van der Waals surface area (Å²) < 4.78 is 19.0. The van der Waals surface area contributed by atoms with Crippen LogP contribution in [0.15, 0.2) is 40.9 Å². The van der Waals surface area contributed by atoms with Crippen molar-refractivity contribution < 1.29 is 19.0 Å². The first-order valence-electron chi connectivity index (χ1n) is 5.65. The number of ether oxygens (including phenoxy) is 1. The Labute approximate surface area is 123 Å². The van der Waals surface area contributed by atoms with Gasteiger partial charge in [-0.05, 0) is 46.3 Å². The summed E-state index contributed by atoms with van der Waals surface area (Å²) in [4.78, 5) is 12.1. The molecule has 0 atom stereocenters. The summed E-state index contributed by atoms with van der Waals surface area (Å²) in [5.74, 6) is -1.00. The van der Waals surface area contributed by atoms with Gasteiger partial charge in [-0.1, -0.05) is 6.07 Å². The van der Waals surface area contributed by atoms with Crippen molar-refractivity contribution >= 4 is 27.5 Å². The van der Waals surface area contributed by atoms with E-state index >= 15 is 0 Å². The zero-order valence-corrected chi connectivity index (χ0v) is 12.1. The van der Waals surface area contributed by atoms with E-state index in [0.717, 1.165) is 0 Å². The van der Waals surface area contributed by atoms with Gasteiger partial charge in [-0.2, -0.15) is 0 Å². The number of phenolic OH excluding ortho intramolecular Hbond substituents is 1. The molecule has 0 unspecified atom stereocenters. The molecule has 0 fully saturated rings. The number of methoxy groups -OCH3 is 1. The average molecular weight is 340 g/mol. The SMILES string of the molecule is COc1ccc(O)c(C(=O)Nc2c(F)cccc2Br)c1. The largest absolute Gasteiger partial charge is 0.507 e. The van der Waals surface area contributed by atoms with E-state index in [1.165, 1.54) is 37.4 Å². The van der Waals surface area contributed by atoms with Gasteiger partial charge in [0.25, 0.3) is 5.91 Å². The van der Waals surface area contributed by atoms with Crippen LogP contribution in [0, 0.1) is 5.82 Å². The number of hydrogen-bond donors (Lipinski definition) is 2. The highest BCUT2D eigenvalue weighted by atomic mass is 79.9. The Kier molecular flexibility index (Phi) is 4.24. The van der Waals surface area contributed by atoms with Crippen LogP contribution in [0.5, 0.6) is 11.5 Å². The molecule has 0 saturated carbocycles. The second-order valence-corrected chi connectivity index (χ2v) is 4.79. The van der Waals surface area contributed by atoms with Crippen LogP contribution >= 0.6 is 15.9 Å². The van der Waals surface area contributed by atoms with Crippen LogP contribution in [-0.4, -0.2) is 18.1 Å². The third-order valence-electron chi connectivity index (χ3n) is 2.65. The number of nitrogens with one attached hydrogen (secondary N) is 1. The maximum atomic E-state index is 13.6. The summed E-state index contributed by atoms with van der Waals surface area (Å²) in [6.07, 6.45) is 0. The summed E-state index contributed by atoms with van der Waals surface area (Å²) in [7, 11) is 1.45. The van der Waals surface area contributed by atoms with Crippen molar-refractivity contribution in [3.8, 4) is 11.5 Å². The predicted molar refractivity (Wildman–Crippen MR) is 76.7 cm³/mol. The standard InChI is InChI=1S/C14H11BrFNO3/c1-20-8-5-6-12(18)9(7-8)14(19)17-13-10(15)3-2-4-11(13)16/h2-7,18H,1H3,(H,17,19). The second kappa shape index (κ2) is 5.92. The van der Waals surface area contributed by atoms with Crippen molar-refractivity contribution in [3.05, 3.63) is 52.3 Å². The molecule has 104 valence electrons. The Morgan fingerprint density at radius 2 is 2.10 bits per heavy atom. The molecule has 0 radical (unpaired) electrons. The lowest BCUT2D eigenvalue weighted by Gasteiger charge is -2.10. The van der Waals surface area contributed by atoms with E-state index in [9.17, 15) is 14.3 Å². The molecule has 2 N–H and O–H groups in total. The van der Waals surface area contributed by atoms with Crippen LogP contribution < -0.4 is 10.1 Å². The number of rotatable bonds is 3. The zero-order chi connectivity index (χ0) is 14.7. The number of carbonyl (C=O) groups excluding carboxylic acids is 1. The number of amides is 1. The van der Waals surface area contributed by atoms with Gasteiger partial charge in [0.05, 0.1) is 18.4 Å². The van der Waals surface area contributed by atoms with Gasteiger partial charge in [0.15, 0.2) is 0 Å². The normalized spacial score (nSPS) is 10.2. The van der Waals surface area contributed by atoms with E-state index in [-0.39, 0.29) is 17.0 Å². The molecule has 20 heavy (non-hydrogen) atoms. The molecule has 0 aromatic heterocycles. The van der Waals surface area contributed by atoms with E-state index in [1.807, 2.05) is 0 Å². The van der Waals surface area contributed by atoms with Crippen LogP contribution in [-0.2, 0) is 0 Å². The van der Waals surface area contributed by atoms with Crippen LogP contribution in [0.25, 0.3) is 0 Å². The van der Waals surface area contributed by atoms with Gasteiger partial charge in [-0.25, -0.2) is 4.39 Å². The monoisotopic (exact) mass is 339 g/mol. The minimum atomic E-state index is -0.632. The number of hydrogen-bond acceptors (Lipinski definition) is 3. The highest BCUT2D eigenvalue weighted by Crippen LogP contribution is 2.28. The molecule has 0 saturated heterocycles. The Morgan fingerprint density at radius 1 is 1.35 bits per heavy atom. The van der Waals surface area contributed by atoms with E-state index in [2.05, 4.69) is 21.2 Å². The third-order valence-corrected chi connectivity index (χ3v) is 3.31. The molecular formula is C14H11BrFNO3. The summed E-state index contributed by atoms with van der Waals surface area (Å²) in [5, 5.41) is 12.1. The van der Waals surface area contributed by atoms with Crippen molar-refractivity contribution in [2.45, 2.75) is 0 Å². The maximum Gasteiger partial charge on any atom is 0.259 e.